The molecule has 7 N–H and O–H groups in total. The van der Waals surface area contributed by atoms with Crippen molar-refractivity contribution in [2.45, 2.75) is 31.0 Å². The van der Waals surface area contributed by atoms with Crippen molar-refractivity contribution in [1.29, 1.82) is 0 Å². The number of H-pyrrole nitrogens is 1. The molecule has 0 radical (unpaired) electrons. The molecule has 4 rings (SSSR count). The topological polar surface area (TPSA) is 143 Å². The fourth-order valence-electron chi connectivity index (χ4n) is 3.70. The smallest absolute Gasteiger partial charge is 0.268 e. The van der Waals surface area contributed by atoms with E-state index in [9.17, 15) is 14.4 Å². The van der Waals surface area contributed by atoms with Crippen LogP contribution in [0.2, 0.25) is 4.34 Å². The van der Waals surface area contributed by atoms with E-state index in [0.29, 0.717) is 16.5 Å². The SMILES string of the molecule is NC(=O)[C@H](N)CC(=O)N[C@@H]1c2ccccc2C[C@H]1NC(=O)c1cc2cc(Cl)sc2[nH]1. The van der Waals surface area contributed by atoms with Crippen LogP contribution in [0, 0.1) is 0 Å². The lowest BCUT2D eigenvalue weighted by Gasteiger charge is -2.23. The number of rotatable bonds is 6. The van der Waals surface area contributed by atoms with E-state index in [1.807, 2.05) is 24.3 Å². The van der Waals surface area contributed by atoms with E-state index in [1.165, 1.54) is 11.3 Å². The standard InChI is InChI=1S/C20H20ClN5O3S/c21-15-7-10-6-14(25-20(10)30-15)19(29)24-13-5-9-3-1-2-4-11(9)17(13)26-16(27)8-12(22)18(23)28/h1-4,6-7,12-13,17,25H,5,8,22H2,(H2,23,28)(H,24,29)(H,26,27)/t12-,13-,17-/m1/s1. The zero-order valence-electron chi connectivity index (χ0n) is 15.8. The van der Waals surface area contributed by atoms with Crippen LogP contribution in [0.1, 0.15) is 34.1 Å². The highest BCUT2D eigenvalue weighted by Gasteiger charge is 2.35. The Morgan fingerprint density at radius 2 is 2.00 bits per heavy atom. The van der Waals surface area contributed by atoms with Crippen molar-refractivity contribution in [2.24, 2.45) is 11.5 Å². The maximum Gasteiger partial charge on any atom is 0.268 e. The summed E-state index contributed by atoms with van der Waals surface area (Å²) < 4.78 is 0.645. The highest BCUT2D eigenvalue weighted by atomic mass is 35.5. The molecule has 0 saturated carbocycles. The molecule has 3 aromatic rings. The van der Waals surface area contributed by atoms with Crippen LogP contribution >= 0.6 is 22.9 Å². The highest BCUT2D eigenvalue weighted by Crippen LogP contribution is 2.32. The van der Waals surface area contributed by atoms with E-state index in [-0.39, 0.29) is 18.4 Å². The third-order valence-electron chi connectivity index (χ3n) is 5.16. The van der Waals surface area contributed by atoms with Crippen LogP contribution in [-0.4, -0.2) is 34.8 Å². The van der Waals surface area contributed by atoms with Crippen LogP contribution < -0.4 is 22.1 Å². The number of aromatic amines is 1. The Kier molecular flexibility index (Phi) is 5.50. The monoisotopic (exact) mass is 445 g/mol. The molecule has 2 heterocycles. The number of benzene rings is 1. The normalized spacial score (nSPS) is 18.7. The van der Waals surface area contributed by atoms with Gasteiger partial charge in [0.25, 0.3) is 5.91 Å². The summed E-state index contributed by atoms with van der Waals surface area (Å²) in [5, 5.41) is 6.76. The van der Waals surface area contributed by atoms with E-state index in [1.54, 1.807) is 12.1 Å². The van der Waals surface area contributed by atoms with Crippen molar-refractivity contribution >= 4 is 50.9 Å². The number of primary amides is 1. The Hall–Kier alpha value is -2.88. The number of hydrogen-bond donors (Lipinski definition) is 5. The minimum Gasteiger partial charge on any atom is -0.368 e. The van der Waals surface area contributed by atoms with Crippen LogP contribution in [0.25, 0.3) is 10.2 Å². The van der Waals surface area contributed by atoms with Gasteiger partial charge >= 0.3 is 0 Å². The quantitative estimate of drug-likeness (QED) is 0.392. The average Bonchev–Trinajstić information content (AvgIpc) is 3.33. The van der Waals surface area contributed by atoms with Crippen LogP contribution in [-0.2, 0) is 16.0 Å². The first-order valence-corrected chi connectivity index (χ1v) is 10.5. The summed E-state index contributed by atoms with van der Waals surface area (Å²) >= 11 is 7.35. The number of hydrogen-bond acceptors (Lipinski definition) is 5. The molecule has 10 heteroatoms. The number of carbonyl (C=O) groups is 3. The lowest BCUT2D eigenvalue weighted by atomic mass is 10.1. The fraction of sp³-hybridized carbons (Fsp3) is 0.250. The average molecular weight is 446 g/mol. The molecule has 156 valence electrons. The second kappa shape index (κ2) is 8.10. The van der Waals surface area contributed by atoms with Gasteiger partial charge in [0.05, 0.1) is 28.9 Å². The van der Waals surface area contributed by atoms with Crippen molar-refractivity contribution in [1.82, 2.24) is 15.6 Å². The summed E-state index contributed by atoms with van der Waals surface area (Å²) in [6.07, 6.45) is 0.345. The maximum atomic E-state index is 12.8. The van der Waals surface area contributed by atoms with Gasteiger partial charge in [-0.25, -0.2) is 0 Å². The van der Waals surface area contributed by atoms with Gasteiger partial charge in [-0.15, -0.1) is 11.3 Å². The molecule has 1 aliphatic rings. The summed E-state index contributed by atoms with van der Waals surface area (Å²) in [5.74, 6) is -1.42. The second-order valence-corrected chi connectivity index (χ2v) is 8.94. The zero-order valence-corrected chi connectivity index (χ0v) is 17.3. The van der Waals surface area contributed by atoms with Crippen LogP contribution in [0.3, 0.4) is 0 Å². The molecule has 0 fully saturated rings. The van der Waals surface area contributed by atoms with E-state index < -0.39 is 23.9 Å². The molecule has 3 amide bonds. The second-order valence-electron chi connectivity index (χ2n) is 7.26. The van der Waals surface area contributed by atoms with Gasteiger partial charge in [0.15, 0.2) is 0 Å². The fourth-order valence-corrected chi connectivity index (χ4v) is 4.83. The summed E-state index contributed by atoms with van der Waals surface area (Å²) in [7, 11) is 0. The number of carbonyl (C=O) groups excluding carboxylic acids is 3. The molecule has 1 aromatic carbocycles. The first-order valence-electron chi connectivity index (χ1n) is 9.33. The number of thiophene rings is 1. The Bertz CT molecular complexity index is 1110. The third-order valence-corrected chi connectivity index (χ3v) is 6.35. The lowest BCUT2D eigenvalue weighted by molar-refractivity contribution is -0.126. The molecular weight excluding hydrogens is 426 g/mol. The van der Waals surface area contributed by atoms with Crippen molar-refractivity contribution < 1.29 is 14.4 Å². The Morgan fingerprint density at radius 1 is 1.23 bits per heavy atom. The third kappa shape index (κ3) is 4.04. The molecule has 0 unspecified atom stereocenters. The predicted octanol–water partition coefficient (Wildman–Crippen LogP) is 1.60. The largest absolute Gasteiger partial charge is 0.368 e. The first kappa shape index (κ1) is 20.4. The molecule has 0 aliphatic heterocycles. The molecule has 3 atom stereocenters. The van der Waals surface area contributed by atoms with Crippen molar-refractivity contribution in [3.63, 3.8) is 0 Å². The number of nitrogens with one attached hydrogen (secondary N) is 3. The number of amides is 3. The minimum absolute atomic E-state index is 0.220. The molecule has 1 aliphatic carbocycles. The molecule has 0 bridgehead atoms. The van der Waals surface area contributed by atoms with Crippen LogP contribution in [0.5, 0.6) is 0 Å². The van der Waals surface area contributed by atoms with Crippen LogP contribution in [0.15, 0.2) is 36.4 Å². The first-order chi connectivity index (χ1) is 14.3. The molecule has 8 nitrogen and oxygen atoms in total. The van der Waals surface area contributed by atoms with E-state index in [0.717, 1.165) is 21.3 Å². The number of aromatic nitrogens is 1. The molecule has 0 spiro atoms. The van der Waals surface area contributed by atoms with Gasteiger partial charge in [0.1, 0.15) is 10.5 Å². The Morgan fingerprint density at radius 3 is 2.73 bits per heavy atom. The van der Waals surface area contributed by atoms with Gasteiger partial charge < -0.3 is 27.1 Å². The lowest BCUT2D eigenvalue weighted by Crippen LogP contribution is -2.46. The Labute approximate surface area is 181 Å². The number of halogens is 1. The zero-order chi connectivity index (χ0) is 21.4. The predicted molar refractivity (Wildman–Crippen MR) is 115 cm³/mol. The summed E-state index contributed by atoms with van der Waals surface area (Å²) in [5.41, 5.74) is 13.1. The summed E-state index contributed by atoms with van der Waals surface area (Å²) in [6.45, 7) is 0. The molecule has 0 saturated heterocycles. The van der Waals surface area contributed by atoms with E-state index >= 15 is 0 Å². The van der Waals surface area contributed by atoms with Gasteiger partial charge in [-0.1, -0.05) is 35.9 Å². The highest BCUT2D eigenvalue weighted by molar-refractivity contribution is 7.22. The van der Waals surface area contributed by atoms with Gasteiger partial charge in [0.2, 0.25) is 11.8 Å². The van der Waals surface area contributed by atoms with Crippen LogP contribution in [0.4, 0.5) is 0 Å². The van der Waals surface area contributed by atoms with Crippen molar-refractivity contribution in [2.75, 3.05) is 0 Å². The van der Waals surface area contributed by atoms with E-state index in [2.05, 4.69) is 15.6 Å². The molecule has 2 aromatic heterocycles. The number of fused-ring (bicyclic) bond motifs is 2. The van der Waals surface area contributed by atoms with Gasteiger partial charge in [0, 0.05) is 5.39 Å². The van der Waals surface area contributed by atoms with Gasteiger partial charge in [-0.3, -0.25) is 14.4 Å². The van der Waals surface area contributed by atoms with Crippen molar-refractivity contribution in [3.8, 4) is 0 Å². The molecule has 30 heavy (non-hydrogen) atoms. The number of nitrogens with two attached hydrogens (primary N) is 2. The maximum absolute atomic E-state index is 12.8. The van der Waals surface area contributed by atoms with Gasteiger partial charge in [-0.05, 0) is 29.7 Å². The van der Waals surface area contributed by atoms with Gasteiger partial charge in [-0.2, -0.15) is 0 Å². The van der Waals surface area contributed by atoms with E-state index in [4.69, 9.17) is 23.1 Å². The summed E-state index contributed by atoms with van der Waals surface area (Å²) in [4.78, 5) is 40.3. The molecular formula is C20H20ClN5O3S. The Balaban J connectivity index is 1.51. The summed E-state index contributed by atoms with van der Waals surface area (Å²) in [6, 6.07) is 9.34. The van der Waals surface area contributed by atoms with Crippen molar-refractivity contribution in [3.05, 3.63) is 57.6 Å². The minimum atomic E-state index is -1.06.